The summed E-state index contributed by atoms with van der Waals surface area (Å²) >= 11 is 0. The minimum atomic E-state index is -0.872. The number of nitrogens with one attached hydrogen (secondary N) is 1. The molecule has 7 nitrogen and oxygen atoms in total. The summed E-state index contributed by atoms with van der Waals surface area (Å²) in [7, 11) is 3.80. The van der Waals surface area contributed by atoms with Crippen LogP contribution in [0.4, 0.5) is 5.82 Å². The minimum absolute atomic E-state index is 0.252. The van der Waals surface area contributed by atoms with Gasteiger partial charge in [0.2, 0.25) is 0 Å². The predicted molar refractivity (Wildman–Crippen MR) is 106 cm³/mol. The van der Waals surface area contributed by atoms with E-state index < -0.39 is 11.9 Å². The van der Waals surface area contributed by atoms with Gasteiger partial charge in [0.25, 0.3) is 5.91 Å². The lowest BCUT2D eigenvalue weighted by molar-refractivity contribution is -0.138. The number of fused-ring (bicyclic) bond motifs is 2. The summed E-state index contributed by atoms with van der Waals surface area (Å²) < 4.78 is 0. The Bertz CT molecular complexity index is 1080. The molecule has 1 heterocycles. The molecule has 28 heavy (non-hydrogen) atoms. The van der Waals surface area contributed by atoms with E-state index in [2.05, 4.69) is 15.3 Å². The number of aliphatic carboxylic acids is 1. The van der Waals surface area contributed by atoms with E-state index in [1.165, 1.54) is 6.33 Å². The molecule has 1 aliphatic carbocycles. The van der Waals surface area contributed by atoms with E-state index in [0.717, 1.165) is 22.3 Å². The summed E-state index contributed by atoms with van der Waals surface area (Å²) in [6.45, 7) is 0. The van der Waals surface area contributed by atoms with Crippen LogP contribution in [0, 0.1) is 0 Å². The summed E-state index contributed by atoms with van der Waals surface area (Å²) in [5, 5.41) is 13.3. The summed E-state index contributed by atoms with van der Waals surface area (Å²) in [5.74, 6) is -0.944. The quantitative estimate of drug-likeness (QED) is 0.727. The SMILES string of the molecule is CN(C)c1ncnc2cc(C(=O)NC3CC(C(=O)O)c4ccccc43)ccc12. The van der Waals surface area contributed by atoms with Crippen molar-refractivity contribution in [3.8, 4) is 0 Å². The molecule has 4 rings (SSSR count). The fourth-order valence-corrected chi connectivity index (χ4v) is 3.79. The number of nitrogens with zero attached hydrogens (tertiary/aromatic N) is 3. The van der Waals surface area contributed by atoms with Crippen molar-refractivity contribution in [2.75, 3.05) is 19.0 Å². The molecule has 3 aromatic rings. The van der Waals surface area contributed by atoms with Crippen molar-refractivity contribution in [1.29, 1.82) is 0 Å². The van der Waals surface area contributed by atoms with E-state index in [9.17, 15) is 14.7 Å². The lowest BCUT2D eigenvalue weighted by Gasteiger charge is -2.16. The Labute approximate surface area is 162 Å². The average molecular weight is 376 g/mol. The third-order valence-corrected chi connectivity index (χ3v) is 5.12. The molecule has 0 saturated carbocycles. The Balaban J connectivity index is 1.62. The molecule has 2 atom stereocenters. The molecule has 0 bridgehead atoms. The van der Waals surface area contributed by atoms with E-state index in [1.807, 2.05) is 49.3 Å². The molecular formula is C21H20N4O3. The Hall–Kier alpha value is -3.48. The van der Waals surface area contributed by atoms with Crippen molar-refractivity contribution >= 4 is 28.6 Å². The molecule has 0 aliphatic heterocycles. The van der Waals surface area contributed by atoms with Gasteiger partial charge >= 0.3 is 5.97 Å². The van der Waals surface area contributed by atoms with Gasteiger partial charge in [0.05, 0.1) is 17.5 Å². The van der Waals surface area contributed by atoms with Gasteiger partial charge in [0, 0.05) is 25.0 Å². The molecule has 0 saturated heterocycles. The highest BCUT2D eigenvalue weighted by Gasteiger charge is 2.35. The molecule has 0 fully saturated rings. The van der Waals surface area contributed by atoms with Crippen molar-refractivity contribution in [1.82, 2.24) is 15.3 Å². The highest BCUT2D eigenvalue weighted by atomic mass is 16.4. The number of carbonyl (C=O) groups is 2. The molecule has 142 valence electrons. The van der Waals surface area contributed by atoms with E-state index in [4.69, 9.17) is 0 Å². The normalized spacial score (nSPS) is 17.9. The highest BCUT2D eigenvalue weighted by molar-refractivity contribution is 6.00. The summed E-state index contributed by atoms with van der Waals surface area (Å²) in [6, 6.07) is 12.3. The minimum Gasteiger partial charge on any atom is -0.481 e. The fourth-order valence-electron chi connectivity index (χ4n) is 3.79. The van der Waals surface area contributed by atoms with Gasteiger partial charge in [0.15, 0.2) is 0 Å². The number of carboxylic acids is 1. The lowest BCUT2D eigenvalue weighted by atomic mass is 10.0. The molecule has 0 spiro atoms. The van der Waals surface area contributed by atoms with Crippen LogP contribution < -0.4 is 10.2 Å². The third kappa shape index (κ3) is 3.05. The highest BCUT2D eigenvalue weighted by Crippen LogP contribution is 2.40. The molecule has 1 aromatic heterocycles. The Morgan fingerprint density at radius 2 is 1.86 bits per heavy atom. The van der Waals surface area contributed by atoms with Crippen molar-refractivity contribution in [2.45, 2.75) is 18.4 Å². The molecular weight excluding hydrogens is 356 g/mol. The first-order valence-electron chi connectivity index (χ1n) is 9.00. The maximum Gasteiger partial charge on any atom is 0.311 e. The second-order valence-electron chi connectivity index (χ2n) is 7.11. The van der Waals surface area contributed by atoms with E-state index in [1.54, 1.807) is 12.1 Å². The van der Waals surface area contributed by atoms with Gasteiger partial charge in [-0.3, -0.25) is 9.59 Å². The maximum absolute atomic E-state index is 12.8. The van der Waals surface area contributed by atoms with Gasteiger partial charge in [-0.05, 0) is 35.7 Å². The van der Waals surface area contributed by atoms with Crippen LogP contribution in [-0.2, 0) is 4.79 Å². The van der Waals surface area contributed by atoms with Crippen LogP contribution in [0.2, 0.25) is 0 Å². The number of hydrogen-bond acceptors (Lipinski definition) is 5. The predicted octanol–water partition coefficient (Wildman–Crippen LogP) is 2.74. The fraction of sp³-hybridized carbons (Fsp3) is 0.238. The maximum atomic E-state index is 12.8. The van der Waals surface area contributed by atoms with Gasteiger partial charge in [-0.2, -0.15) is 0 Å². The van der Waals surface area contributed by atoms with Crippen LogP contribution in [0.1, 0.15) is 39.9 Å². The molecule has 1 amide bonds. The average Bonchev–Trinajstić information content (AvgIpc) is 3.06. The molecule has 1 aliphatic rings. The van der Waals surface area contributed by atoms with E-state index in [-0.39, 0.29) is 11.9 Å². The van der Waals surface area contributed by atoms with Crippen LogP contribution in [-0.4, -0.2) is 41.0 Å². The zero-order valence-electron chi connectivity index (χ0n) is 15.6. The standard InChI is InChI=1S/C21H20N4O3/c1-25(2)19-15-8-7-12(9-17(15)22-11-23-19)20(26)24-18-10-16(21(27)28)13-5-3-4-6-14(13)18/h3-9,11,16,18H,10H2,1-2H3,(H,24,26)(H,27,28). The van der Waals surface area contributed by atoms with Gasteiger partial charge in [-0.1, -0.05) is 24.3 Å². The first-order chi connectivity index (χ1) is 13.5. The van der Waals surface area contributed by atoms with Crippen LogP contribution in [0.25, 0.3) is 10.9 Å². The summed E-state index contributed by atoms with van der Waals surface area (Å²) in [4.78, 5) is 34.8. The van der Waals surface area contributed by atoms with Crippen molar-refractivity contribution in [2.24, 2.45) is 0 Å². The molecule has 2 N–H and O–H groups in total. The first kappa shape index (κ1) is 17.9. The molecule has 0 radical (unpaired) electrons. The van der Waals surface area contributed by atoms with Gasteiger partial charge in [-0.25, -0.2) is 9.97 Å². The zero-order chi connectivity index (χ0) is 19.8. The molecule has 7 heteroatoms. The number of carbonyl (C=O) groups excluding carboxylic acids is 1. The summed E-state index contributed by atoms with van der Waals surface area (Å²) in [5.41, 5.74) is 2.79. The van der Waals surface area contributed by atoms with Gasteiger partial charge < -0.3 is 15.3 Å². The molecule has 2 aromatic carbocycles. The van der Waals surface area contributed by atoms with Crippen molar-refractivity contribution < 1.29 is 14.7 Å². The second-order valence-corrected chi connectivity index (χ2v) is 7.11. The number of benzene rings is 2. The Morgan fingerprint density at radius 3 is 2.57 bits per heavy atom. The monoisotopic (exact) mass is 376 g/mol. The van der Waals surface area contributed by atoms with Crippen molar-refractivity contribution in [3.05, 3.63) is 65.5 Å². The molecule has 2 unspecified atom stereocenters. The zero-order valence-corrected chi connectivity index (χ0v) is 15.6. The van der Waals surface area contributed by atoms with Crippen LogP contribution in [0.15, 0.2) is 48.8 Å². The third-order valence-electron chi connectivity index (χ3n) is 5.12. The number of carboxylic acid groups (broad SMARTS) is 1. The van der Waals surface area contributed by atoms with E-state index >= 15 is 0 Å². The largest absolute Gasteiger partial charge is 0.481 e. The second kappa shape index (κ2) is 6.92. The van der Waals surface area contributed by atoms with Crippen LogP contribution in [0.3, 0.4) is 0 Å². The van der Waals surface area contributed by atoms with Gasteiger partial charge in [-0.15, -0.1) is 0 Å². The van der Waals surface area contributed by atoms with E-state index in [0.29, 0.717) is 17.5 Å². The Morgan fingerprint density at radius 1 is 1.11 bits per heavy atom. The number of aromatic nitrogens is 2. The Kier molecular flexibility index (Phi) is 4.43. The van der Waals surface area contributed by atoms with Gasteiger partial charge in [0.1, 0.15) is 12.1 Å². The number of anilines is 1. The first-order valence-corrected chi connectivity index (χ1v) is 9.00. The van der Waals surface area contributed by atoms with Crippen LogP contribution >= 0.6 is 0 Å². The lowest BCUT2D eigenvalue weighted by Crippen LogP contribution is -2.27. The summed E-state index contributed by atoms with van der Waals surface area (Å²) in [6.07, 6.45) is 1.82. The number of rotatable bonds is 4. The van der Waals surface area contributed by atoms with Crippen LogP contribution in [0.5, 0.6) is 0 Å². The topological polar surface area (TPSA) is 95.4 Å². The van der Waals surface area contributed by atoms with Crippen molar-refractivity contribution in [3.63, 3.8) is 0 Å². The smallest absolute Gasteiger partial charge is 0.311 e. The number of hydrogen-bond donors (Lipinski definition) is 2. The number of amides is 1.